The number of methoxy groups -OCH3 is 1. The molecule has 0 fully saturated rings. The molecule has 22 heavy (non-hydrogen) atoms. The van der Waals surface area contributed by atoms with Gasteiger partial charge in [0.25, 0.3) is 0 Å². The van der Waals surface area contributed by atoms with E-state index in [4.69, 9.17) is 4.74 Å². The van der Waals surface area contributed by atoms with E-state index >= 15 is 0 Å². The van der Waals surface area contributed by atoms with Crippen LogP contribution in [0, 0.1) is 11.6 Å². The number of thiophene rings is 1. The Morgan fingerprint density at radius 3 is 2.50 bits per heavy atom. The van der Waals surface area contributed by atoms with Crippen LogP contribution in [0.3, 0.4) is 0 Å². The third-order valence-electron chi connectivity index (χ3n) is 2.97. The van der Waals surface area contributed by atoms with Crippen LogP contribution in [-0.4, -0.2) is 22.1 Å². The second-order valence-electron chi connectivity index (χ2n) is 4.67. The van der Waals surface area contributed by atoms with Crippen molar-refractivity contribution in [2.45, 2.75) is 11.9 Å². The van der Waals surface area contributed by atoms with E-state index in [-0.39, 0.29) is 12.1 Å². The molecule has 0 radical (unpaired) electrons. The highest BCUT2D eigenvalue weighted by molar-refractivity contribution is 7.88. The second kappa shape index (κ2) is 7.28. The normalized spacial score (nSPS) is 13.2. The summed E-state index contributed by atoms with van der Waals surface area (Å²) < 4.78 is 57.8. The molecule has 120 valence electrons. The van der Waals surface area contributed by atoms with E-state index in [9.17, 15) is 17.2 Å². The molecule has 1 atom stereocenters. The van der Waals surface area contributed by atoms with Crippen molar-refractivity contribution in [3.05, 3.63) is 57.8 Å². The molecular weight excluding hydrogens is 332 g/mol. The van der Waals surface area contributed by atoms with Crippen LogP contribution in [0.4, 0.5) is 8.78 Å². The molecule has 1 N–H and O–H groups in total. The maximum absolute atomic E-state index is 13.1. The van der Waals surface area contributed by atoms with Gasteiger partial charge in [-0.05, 0) is 40.1 Å². The van der Waals surface area contributed by atoms with Crippen LogP contribution >= 0.6 is 11.3 Å². The van der Waals surface area contributed by atoms with E-state index in [2.05, 4.69) is 4.72 Å². The smallest absolute Gasteiger partial charge is 0.215 e. The number of halogens is 2. The van der Waals surface area contributed by atoms with Gasteiger partial charge in [-0.1, -0.05) is 0 Å². The summed E-state index contributed by atoms with van der Waals surface area (Å²) in [6.45, 7) is 0.0490. The molecule has 0 aliphatic rings. The molecule has 0 amide bonds. The molecule has 0 spiro atoms. The Bertz CT molecular complexity index is 697. The first-order valence-electron chi connectivity index (χ1n) is 6.37. The highest BCUT2D eigenvalue weighted by Gasteiger charge is 2.17. The third-order valence-corrected chi connectivity index (χ3v) is 4.99. The lowest BCUT2D eigenvalue weighted by Crippen LogP contribution is -2.30. The maximum Gasteiger partial charge on any atom is 0.215 e. The molecule has 1 aromatic carbocycles. The van der Waals surface area contributed by atoms with Gasteiger partial charge in [0.05, 0.1) is 11.9 Å². The number of hydrogen-bond acceptors (Lipinski definition) is 4. The Balaban J connectivity index is 2.01. The number of nitrogens with one attached hydrogen (secondary N) is 1. The Morgan fingerprint density at radius 2 is 1.95 bits per heavy atom. The number of hydrogen-bond donors (Lipinski definition) is 1. The molecule has 0 bridgehead atoms. The molecule has 4 nitrogen and oxygen atoms in total. The van der Waals surface area contributed by atoms with Crippen molar-refractivity contribution in [2.75, 3.05) is 13.7 Å². The van der Waals surface area contributed by atoms with Crippen LogP contribution in [0.15, 0.2) is 35.0 Å². The van der Waals surface area contributed by atoms with Gasteiger partial charge in [0.2, 0.25) is 10.0 Å². The average Bonchev–Trinajstić information content (AvgIpc) is 2.91. The molecule has 1 aromatic heterocycles. The molecule has 1 heterocycles. The SMILES string of the molecule is CO[C@H](CNS(=O)(=O)Cc1cc(F)cc(F)c1)c1ccsc1. The van der Waals surface area contributed by atoms with Gasteiger partial charge in [0, 0.05) is 19.7 Å². The lowest BCUT2D eigenvalue weighted by molar-refractivity contribution is 0.107. The lowest BCUT2D eigenvalue weighted by Gasteiger charge is -2.15. The molecule has 0 aliphatic heterocycles. The Labute approximate surface area is 131 Å². The zero-order chi connectivity index (χ0) is 16.2. The second-order valence-corrected chi connectivity index (χ2v) is 7.25. The van der Waals surface area contributed by atoms with Crippen LogP contribution in [0.1, 0.15) is 17.2 Å². The van der Waals surface area contributed by atoms with Crippen molar-refractivity contribution < 1.29 is 21.9 Å². The van der Waals surface area contributed by atoms with E-state index in [0.29, 0.717) is 6.07 Å². The average molecular weight is 347 g/mol. The van der Waals surface area contributed by atoms with Crippen molar-refractivity contribution in [3.8, 4) is 0 Å². The van der Waals surface area contributed by atoms with Gasteiger partial charge >= 0.3 is 0 Å². The largest absolute Gasteiger partial charge is 0.375 e. The minimum atomic E-state index is -3.72. The summed E-state index contributed by atoms with van der Waals surface area (Å²) in [6, 6.07) is 4.53. The summed E-state index contributed by atoms with van der Waals surface area (Å²) >= 11 is 1.48. The van der Waals surface area contributed by atoms with Crippen LogP contribution in [0.5, 0.6) is 0 Å². The Kier molecular flexibility index (Phi) is 5.63. The summed E-state index contributed by atoms with van der Waals surface area (Å²) in [5, 5.41) is 3.73. The van der Waals surface area contributed by atoms with Crippen molar-refractivity contribution in [1.82, 2.24) is 4.72 Å². The van der Waals surface area contributed by atoms with Crippen LogP contribution in [-0.2, 0) is 20.5 Å². The molecule has 0 saturated heterocycles. The summed E-state index contributed by atoms with van der Waals surface area (Å²) in [5.41, 5.74) is 0.918. The molecule has 8 heteroatoms. The molecule has 0 saturated carbocycles. The fourth-order valence-electron chi connectivity index (χ4n) is 1.96. The van der Waals surface area contributed by atoms with Gasteiger partial charge in [-0.2, -0.15) is 11.3 Å². The fourth-order valence-corrected chi connectivity index (χ4v) is 3.78. The Morgan fingerprint density at radius 1 is 1.27 bits per heavy atom. The number of rotatable bonds is 7. The highest BCUT2D eigenvalue weighted by atomic mass is 32.2. The zero-order valence-electron chi connectivity index (χ0n) is 11.8. The van der Waals surface area contributed by atoms with E-state index in [1.165, 1.54) is 18.4 Å². The number of ether oxygens (including phenoxy) is 1. The quantitative estimate of drug-likeness (QED) is 0.838. The fraction of sp³-hybridized carbons (Fsp3) is 0.286. The van der Waals surface area contributed by atoms with Crippen molar-refractivity contribution in [1.29, 1.82) is 0 Å². The number of benzene rings is 1. The van der Waals surface area contributed by atoms with Gasteiger partial charge < -0.3 is 4.74 Å². The standard InChI is InChI=1S/C14H15F2NO3S2/c1-20-14(11-2-3-21-8-11)7-17-22(18,19)9-10-4-12(15)6-13(16)5-10/h2-6,8,14,17H,7,9H2,1H3/t14-/m1/s1. The van der Waals surface area contributed by atoms with E-state index in [1.54, 1.807) is 0 Å². The van der Waals surface area contributed by atoms with E-state index < -0.39 is 33.5 Å². The van der Waals surface area contributed by atoms with Crippen LogP contribution < -0.4 is 4.72 Å². The van der Waals surface area contributed by atoms with Gasteiger partial charge in [-0.15, -0.1) is 0 Å². The monoisotopic (exact) mass is 347 g/mol. The highest BCUT2D eigenvalue weighted by Crippen LogP contribution is 2.19. The molecular formula is C14H15F2NO3S2. The minimum Gasteiger partial charge on any atom is -0.375 e. The van der Waals surface area contributed by atoms with Crippen molar-refractivity contribution >= 4 is 21.4 Å². The summed E-state index contributed by atoms with van der Waals surface area (Å²) in [5.74, 6) is -2.11. The molecule has 0 aliphatic carbocycles. The van der Waals surface area contributed by atoms with Crippen LogP contribution in [0.25, 0.3) is 0 Å². The van der Waals surface area contributed by atoms with Crippen molar-refractivity contribution in [2.24, 2.45) is 0 Å². The predicted octanol–water partition coefficient (Wildman–Crippen LogP) is 2.83. The van der Waals surface area contributed by atoms with Crippen LogP contribution in [0.2, 0.25) is 0 Å². The Hall–Kier alpha value is -1.35. The van der Waals surface area contributed by atoms with Crippen molar-refractivity contribution in [3.63, 3.8) is 0 Å². The first kappa shape index (κ1) is 17.0. The first-order valence-corrected chi connectivity index (χ1v) is 8.96. The lowest BCUT2D eigenvalue weighted by atomic mass is 10.2. The predicted molar refractivity (Wildman–Crippen MR) is 81.1 cm³/mol. The third kappa shape index (κ3) is 4.84. The molecule has 0 unspecified atom stereocenters. The zero-order valence-corrected chi connectivity index (χ0v) is 13.4. The van der Waals surface area contributed by atoms with Gasteiger partial charge in [-0.3, -0.25) is 0 Å². The van der Waals surface area contributed by atoms with Gasteiger partial charge in [0.1, 0.15) is 11.6 Å². The first-order chi connectivity index (χ1) is 10.4. The topological polar surface area (TPSA) is 55.4 Å². The summed E-state index contributed by atoms with van der Waals surface area (Å²) in [6.07, 6.45) is -0.412. The molecule has 2 aromatic rings. The van der Waals surface area contributed by atoms with Gasteiger partial charge in [0.15, 0.2) is 0 Å². The summed E-state index contributed by atoms with van der Waals surface area (Å²) in [7, 11) is -2.24. The summed E-state index contributed by atoms with van der Waals surface area (Å²) in [4.78, 5) is 0. The maximum atomic E-state index is 13.1. The minimum absolute atomic E-state index is 0.0490. The van der Waals surface area contributed by atoms with E-state index in [1.807, 2.05) is 16.8 Å². The molecule has 2 rings (SSSR count). The van der Waals surface area contributed by atoms with E-state index in [0.717, 1.165) is 17.7 Å². The number of sulfonamides is 1. The van der Waals surface area contributed by atoms with Gasteiger partial charge in [-0.25, -0.2) is 21.9 Å².